The second kappa shape index (κ2) is 7.89. The summed E-state index contributed by atoms with van der Waals surface area (Å²) in [6.07, 6.45) is 8.21. The van der Waals surface area contributed by atoms with Gasteiger partial charge >= 0.3 is 0 Å². The maximum atomic E-state index is 11.2. The van der Waals surface area contributed by atoms with Gasteiger partial charge in [0.1, 0.15) is 0 Å². The molecule has 5 nitrogen and oxygen atoms in total. The zero-order valence-corrected chi connectivity index (χ0v) is 15.3. The lowest BCUT2D eigenvalue weighted by molar-refractivity contribution is 0.100. The number of benzene rings is 1. The first kappa shape index (κ1) is 17.8. The molecule has 2 fully saturated rings. The first-order chi connectivity index (χ1) is 12.1. The second-order valence-electron chi connectivity index (χ2n) is 7.46. The third-order valence-corrected chi connectivity index (χ3v) is 5.64. The molecule has 3 N–H and O–H groups in total. The molecule has 1 heterocycles. The molecule has 2 aliphatic rings. The highest BCUT2D eigenvalue weighted by molar-refractivity contribution is 5.92. The summed E-state index contributed by atoms with van der Waals surface area (Å²) in [7, 11) is 0. The number of guanidine groups is 1. The van der Waals surface area contributed by atoms with Crippen LogP contribution in [0.5, 0.6) is 0 Å². The minimum atomic E-state index is -0.391. The van der Waals surface area contributed by atoms with E-state index in [4.69, 9.17) is 10.7 Å². The van der Waals surface area contributed by atoms with Crippen LogP contribution in [0, 0.1) is 5.41 Å². The van der Waals surface area contributed by atoms with Crippen LogP contribution in [0.15, 0.2) is 29.3 Å². The number of hydrogen-bond donors (Lipinski definition) is 2. The molecule has 0 radical (unpaired) electrons. The van der Waals surface area contributed by atoms with Gasteiger partial charge in [0.2, 0.25) is 5.91 Å². The van der Waals surface area contributed by atoms with Crippen molar-refractivity contribution in [2.75, 3.05) is 19.6 Å². The predicted octanol–water partition coefficient (Wildman–Crippen LogP) is 2.91. The minimum absolute atomic E-state index is 0.391. The third kappa shape index (κ3) is 4.33. The molecule has 1 aliphatic carbocycles. The summed E-state index contributed by atoms with van der Waals surface area (Å²) in [5.41, 5.74) is 7.45. The van der Waals surface area contributed by atoms with Gasteiger partial charge in [-0.3, -0.25) is 4.79 Å². The molecule has 0 atom stereocenters. The number of nitrogens with two attached hydrogens (primary N) is 1. The fourth-order valence-electron chi connectivity index (χ4n) is 4.19. The number of nitrogens with zero attached hydrogens (tertiary/aromatic N) is 2. The lowest BCUT2D eigenvalue weighted by Crippen LogP contribution is -2.41. The van der Waals surface area contributed by atoms with Gasteiger partial charge in [-0.25, -0.2) is 4.99 Å². The van der Waals surface area contributed by atoms with Crippen LogP contribution in [-0.2, 0) is 6.54 Å². The summed E-state index contributed by atoms with van der Waals surface area (Å²) >= 11 is 0. The van der Waals surface area contributed by atoms with Crippen LogP contribution in [0.3, 0.4) is 0 Å². The average Bonchev–Trinajstić information content (AvgIpc) is 3.02. The van der Waals surface area contributed by atoms with Crippen molar-refractivity contribution in [3.63, 3.8) is 0 Å². The number of primary amides is 1. The van der Waals surface area contributed by atoms with E-state index >= 15 is 0 Å². The number of hydrogen-bond acceptors (Lipinski definition) is 2. The van der Waals surface area contributed by atoms with Crippen molar-refractivity contribution >= 4 is 11.9 Å². The summed E-state index contributed by atoms with van der Waals surface area (Å²) in [6, 6.07) is 7.40. The van der Waals surface area contributed by atoms with Crippen LogP contribution in [0.1, 0.15) is 61.4 Å². The minimum Gasteiger partial charge on any atom is -0.366 e. The summed E-state index contributed by atoms with van der Waals surface area (Å²) in [4.78, 5) is 18.4. The smallest absolute Gasteiger partial charge is 0.248 e. The van der Waals surface area contributed by atoms with Gasteiger partial charge in [-0.2, -0.15) is 0 Å². The number of nitrogens with one attached hydrogen (secondary N) is 1. The summed E-state index contributed by atoms with van der Waals surface area (Å²) < 4.78 is 0. The van der Waals surface area contributed by atoms with Crippen molar-refractivity contribution in [3.8, 4) is 0 Å². The van der Waals surface area contributed by atoms with E-state index in [-0.39, 0.29) is 0 Å². The predicted molar refractivity (Wildman–Crippen MR) is 101 cm³/mol. The molecule has 3 rings (SSSR count). The number of aliphatic imine (C=N–C) groups is 1. The Morgan fingerprint density at radius 2 is 1.92 bits per heavy atom. The fraction of sp³-hybridized carbons (Fsp3) is 0.600. The molecule has 5 heteroatoms. The molecule has 136 valence electrons. The molecule has 1 aromatic carbocycles. The van der Waals surface area contributed by atoms with Gasteiger partial charge in [0, 0.05) is 25.2 Å². The van der Waals surface area contributed by atoms with Gasteiger partial charge < -0.3 is 16.0 Å². The molecule has 1 aliphatic heterocycles. The van der Waals surface area contributed by atoms with E-state index in [1.165, 1.54) is 38.5 Å². The van der Waals surface area contributed by atoms with Gasteiger partial charge in [0.25, 0.3) is 0 Å². The van der Waals surface area contributed by atoms with Crippen molar-refractivity contribution in [3.05, 3.63) is 35.4 Å². The molecule has 1 spiro atoms. The molecule has 1 aromatic rings. The van der Waals surface area contributed by atoms with E-state index in [1.54, 1.807) is 12.1 Å². The van der Waals surface area contributed by atoms with Crippen LogP contribution in [0.25, 0.3) is 0 Å². The maximum Gasteiger partial charge on any atom is 0.248 e. The standard InChI is InChI=1S/C20H30N4O/c1-2-22-19(23-14-16-6-8-17(9-7-16)18(21)25)24-13-12-20(15-24)10-4-3-5-11-20/h6-9H,2-5,10-15H2,1H3,(H2,21,25)(H,22,23). The Hall–Kier alpha value is -2.04. The first-order valence-corrected chi connectivity index (χ1v) is 9.54. The van der Waals surface area contributed by atoms with Crippen molar-refractivity contribution in [1.82, 2.24) is 10.2 Å². The second-order valence-corrected chi connectivity index (χ2v) is 7.46. The van der Waals surface area contributed by atoms with E-state index in [0.717, 1.165) is 31.2 Å². The number of rotatable bonds is 4. The maximum absolute atomic E-state index is 11.2. The van der Waals surface area contributed by atoms with Crippen LogP contribution in [-0.4, -0.2) is 36.4 Å². The molecule has 25 heavy (non-hydrogen) atoms. The monoisotopic (exact) mass is 342 g/mol. The van der Waals surface area contributed by atoms with Gasteiger partial charge in [0.05, 0.1) is 6.54 Å². The lowest BCUT2D eigenvalue weighted by Gasteiger charge is -2.33. The molecule has 0 unspecified atom stereocenters. The molecule has 1 amide bonds. The Morgan fingerprint density at radius 1 is 1.20 bits per heavy atom. The molecule has 1 saturated carbocycles. The Morgan fingerprint density at radius 3 is 2.56 bits per heavy atom. The number of carbonyl (C=O) groups excluding carboxylic acids is 1. The van der Waals surface area contributed by atoms with Crippen LogP contribution >= 0.6 is 0 Å². The highest BCUT2D eigenvalue weighted by Crippen LogP contribution is 2.43. The topological polar surface area (TPSA) is 70.7 Å². The fourth-order valence-corrected chi connectivity index (χ4v) is 4.19. The van der Waals surface area contributed by atoms with E-state index in [0.29, 0.717) is 17.5 Å². The van der Waals surface area contributed by atoms with E-state index in [9.17, 15) is 4.79 Å². The van der Waals surface area contributed by atoms with E-state index in [2.05, 4.69) is 17.1 Å². The van der Waals surface area contributed by atoms with Gasteiger partial charge in [-0.1, -0.05) is 31.4 Å². The zero-order chi connectivity index (χ0) is 17.7. The van der Waals surface area contributed by atoms with Gasteiger partial charge in [0.15, 0.2) is 5.96 Å². The first-order valence-electron chi connectivity index (χ1n) is 9.54. The van der Waals surface area contributed by atoms with E-state index in [1.807, 2.05) is 12.1 Å². The molecule has 0 bridgehead atoms. The SMILES string of the molecule is CCNC(=NCc1ccc(C(N)=O)cc1)N1CCC2(CCCCC2)C1. The van der Waals surface area contributed by atoms with Crippen LogP contribution in [0.4, 0.5) is 0 Å². The largest absolute Gasteiger partial charge is 0.366 e. The van der Waals surface area contributed by atoms with Crippen molar-refractivity contribution < 1.29 is 4.79 Å². The normalized spacial score (nSPS) is 20.0. The Balaban J connectivity index is 1.66. The summed E-state index contributed by atoms with van der Waals surface area (Å²) in [6.45, 7) is 5.85. The third-order valence-electron chi connectivity index (χ3n) is 5.64. The highest BCUT2D eigenvalue weighted by atomic mass is 16.1. The lowest BCUT2D eigenvalue weighted by atomic mass is 9.73. The van der Waals surface area contributed by atoms with Crippen molar-refractivity contribution in [2.24, 2.45) is 16.1 Å². The molecular weight excluding hydrogens is 312 g/mol. The summed E-state index contributed by atoms with van der Waals surface area (Å²) in [5.74, 6) is 0.627. The Kier molecular flexibility index (Phi) is 5.61. The Labute approximate surface area is 150 Å². The molecule has 1 saturated heterocycles. The highest BCUT2D eigenvalue weighted by Gasteiger charge is 2.39. The van der Waals surface area contributed by atoms with Crippen LogP contribution in [0.2, 0.25) is 0 Å². The van der Waals surface area contributed by atoms with Gasteiger partial charge in [-0.15, -0.1) is 0 Å². The zero-order valence-electron chi connectivity index (χ0n) is 15.3. The average molecular weight is 342 g/mol. The van der Waals surface area contributed by atoms with Crippen molar-refractivity contribution in [2.45, 2.75) is 52.0 Å². The van der Waals surface area contributed by atoms with Crippen LogP contribution < -0.4 is 11.1 Å². The quantitative estimate of drug-likeness (QED) is 0.653. The molecule has 0 aromatic heterocycles. The number of carbonyl (C=O) groups is 1. The van der Waals surface area contributed by atoms with Crippen molar-refractivity contribution in [1.29, 1.82) is 0 Å². The number of amides is 1. The molecular formula is C20H30N4O. The van der Waals surface area contributed by atoms with Gasteiger partial charge in [-0.05, 0) is 49.3 Å². The number of likely N-dealkylation sites (tertiary alicyclic amines) is 1. The summed E-state index contributed by atoms with van der Waals surface area (Å²) in [5, 5.41) is 3.45. The Bertz CT molecular complexity index is 617. The van der Waals surface area contributed by atoms with E-state index < -0.39 is 5.91 Å².